The number of phenolic OH excluding ortho intramolecular Hbond substituents is 1. The summed E-state index contributed by atoms with van der Waals surface area (Å²) >= 11 is 0. The molecule has 0 amide bonds. The van der Waals surface area contributed by atoms with Gasteiger partial charge in [0.1, 0.15) is 11.3 Å². The van der Waals surface area contributed by atoms with Gasteiger partial charge in [-0.05, 0) is 12.1 Å². The van der Waals surface area contributed by atoms with Crippen molar-refractivity contribution in [2.45, 2.75) is 0 Å². The van der Waals surface area contributed by atoms with Crippen LogP contribution in [0.4, 0.5) is 0 Å². The van der Waals surface area contributed by atoms with Crippen LogP contribution in [0, 0.1) is 0 Å². The minimum atomic E-state index is -0.800. The Bertz CT molecular complexity index is 698. The molecule has 0 saturated heterocycles. The van der Waals surface area contributed by atoms with Crippen molar-refractivity contribution >= 4 is 23.2 Å². The second-order valence-electron chi connectivity index (χ2n) is 3.47. The van der Waals surface area contributed by atoms with Gasteiger partial charge >= 0.3 is 11.6 Å². The number of phenols is 1. The van der Waals surface area contributed by atoms with Gasteiger partial charge in [0.2, 0.25) is 0 Å². The highest BCUT2D eigenvalue weighted by atomic mass is 16.5. The van der Waals surface area contributed by atoms with E-state index in [9.17, 15) is 19.5 Å². The van der Waals surface area contributed by atoms with Crippen LogP contribution >= 0.6 is 0 Å². The van der Waals surface area contributed by atoms with Crippen LogP contribution in [-0.2, 0) is 4.74 Å². The average molecular weight is 248 g/mol. The van der Waals surface area contributed by atoms with E-state index in [4.69, 9.17) is 4.42 Å². The van der Waals surface area contributed by atoms with Crippen LogP contribution in [0.3, 0.4) is 0 Å². The standard InChI is InChI=1S/C12H8O6/c1-17-12(16)7-4-9(14)18-8-3-2-6(5-13)11(15)10(7)8/h2-5,15H,1H3. The maximum absolute atomic E-state index is 11.5. The Morgan fingerprint density at radius 3 is 2.78 bits per heavy atom. The first-order chi connectivity index (χ1) is 8.58. The number of esters is 1. The normalized spacial score (nSPS) is 10.3. The van der Waals surface area contributed by atoms with Crippen molar-refractivity contribution in [1.82, 2.24) is 0 Å². The number of rotatable bonds is 2. The van der Waals surface area contributed by atoms with Gasteiger partial charge in [-0.15, -0.1) is 0 Å². The first-order valence-corrected chi connectivity index (χ1v) is 4.91. The average Bonchev–Trinajstić information content (AvgIpc) is 2.37. The van der Waals surface area contributed by atoms with E-state index in [0.717, 1.165) is 13.2 Å². The molecule has 0 fully saturated rings. The van der Waals surface area contributed by atoms with Gasteiger partial charge in [0, 0.05) is 6.07 Å². The molecule has 6 nitrogen and oxygen atoms in total. The van der Waals surface area contributed by atoms with E-state index in [1.54, 1.807) is 0 Å². The zero-order valence-corrected chi connectivity index (χ0v) is 9.30. The Kier molecular flexibility index (Phi) is 2.85. The van der Waals surface area contributed by atoms with Gasteiger partial charge in [0.15, 0.2) is 6.29 Å². The van der Waals surface area contributed by atoms with Gasteiger partial charge in [0.05, 0.1) is 23.6 Å². The minimum Gasteiger partial charge on any atom is -0.506 e. The van der Waals surface area contributed by atoms with E-state index in [1.165, 1.54) is 12.1 Å². The third-order valence-corrected chi connectivity index (χ3v) is 2.45. The Labute approximate surface area is 100 Å². The molecule has 0 saturated carbocycles. The molecule has 2 rings (SSSR count). The van der Waals surface area contributed by atoms with E-state index in [2.05, 4.69) is 4.74 Å². The topological polar surface area (TPSA) is 93.8 Å². The van der Waals surface area contributed by atoms with E-state index in [-0.39, 0.29) is 22.1 Å². The SMILES string of the molecule is COC(=O)c1cc(=O)oc2ccc(C=O)c(O)c12. The Balaban J connectivity index is 2.95. The number of hydrogen-bond acceptors (Lipinski definition) is 6. The maximum atomic E-state index is 11.5. The summed E-state index contributed by atoms with van der Waals surface area (Å²) in [6.45, 7) is 0. The number of benzene rings is 1. The molecule has 1 heterocycles. The lowest BCUT2D eigenvalue weighted by Crippen LogP contribution is -2.08. The van der Waals surface area contributed by atoms with Gasteiger partial charge in [-0.3, -0.25) is 4.79 Å². The molecule has 1 aromatic carbocycles. The summed E-state index contributed by atoms with van der Waals surface area (Å²) in [4.78, 5) is 33.5. The van der Waals surface area contributed by atoms with Crippen LogP contribution in [0.1, 0.15) is 20.7 Å². The van der Waals surface area contributed by atoms with Gasteiger partial charge in [-0.25, -0.2) is 9.59 Å². The van der Waals surface area contributed by atoms with E-state index in [1.807, 2.05) is 0 Å². The summed E-state index contributed by atoms with van der Waals surface area (Å²) in [7, 11) is 1.14. The van der Waals surface area contributed by atoms with Crippen LogP contribution in [0.2, 0.25) is 0 Å². The lowest BCUT2D eigenvalue weighted by Gasteiger charge is -2.06. The number of fused-ring (bicyclic) bond motifs is 1. The summed E-state index contributed by atoms with van der Waals surface area (Å²) in [6, 6.07) is 3.52. The van der Waals surface area contributed by atoms with Gasteiger partial charge in [-0.1, -0.05) is 0 Å². The molecule has 0 unspecified atom stereocenters. The lowest BCUT2D eigenvalue weighted by atomic mass is 10.1. The monoisotopic (exact) mass is 248 g/mol. The molecule has 0 spiro atoms. The van der Waals surface area contributed by atoms with Crippen molar-refractivity contribution in [2.24, 2.45) is 0 Å². The molecular formula is C12H8O6. The van der Waals surface area contributed by atoms with Gasteiger partial charge in [0.25, 0.3) is 0 Å². The zero-order chi connectivity index (χ0) is 13.3. The highest BCUT2D eigenvalue weighted by Crippen LogP contribution is 2.30. The molecule has 0 aliphatic heterocycles. The summed E-state index contributed by atoms with van der Waals surface area (Å²) in [5.74, 6) is -1.22. The first kappa shape index (κ1) is 11.8. The number of carbonyl (C=O) groups excluding carboxylic acids is 2. The Morgan fingerprint density at radius 1 is 1.44 bits per heavy atom. The molecule has 18 heavy (non-hydrogen) atoms. The fraction of sp³-hybridized carbons (Fsp3) is 0.0833. The predicted octanol–water partition coefficient (Wildman–Crippen LogP) is 1.10. The molecule has 0 bridgehead atoms. The third kappa shape index (κ3) is 1.73. The number of methoxy groups -OCH3 is 1. The maximum Gasteiger partial charge on any atom is 0.339 e. The zero-order valence-electron chi connectivity index (χ0n) is 9.30. The molecule has 0 aliphatic carbocycles. The fourth-order valence-electron chi connectivity index (χ4n) is 1.63. The molecule has 0 atom stereocenters. The van der Waals surface area contributed by atoms with Crippen molar-refractivity contribution in [3.63, 3.8) is 0 Å². The number of aldehydes is 1. The molecule has 1 N–H and O–H groups in total. The molecular weight excluding hydrogens is 240 g/mol. The smallest absolute Gasteiger partial charge is 0.339 e. The van der Waals surface area contributed by atoms with Crippen LogP contribution in [0.5, 0.6) is 5.75 Å². The van der Waals surface area contributed by atoms with E-state index < -0.39 is 17.3 Å². The van der Waals surface area contributed by atoms with Crippen LogP contribution < -0.4 is 5.63 Å². The van der Waals surface area contributed by atoms with Crippen LogP contribution in [0.15, 0.2) is 27.4 Å². The molecule has 6 heteroatoms. The summed E-state index contributed by atoms with van der Waals surface area (Å²) < 4.78 is 9.35. The molecule has 92 valence electrons. The minimum absolute atomic E-state index is 0.00556. The first-order valence-electron chi connectivity index (χ1n) is 4.91. The quantitative estimate of drug-likeness (QED) is 0.486. The highest BCUT2D eigenvalue weighted by Gasteiger charge is 2.18. The molecule has 1 aromatic heterocycles. The van der Waals surface area contributed by atoms with E-state index in [0.29, 0.717) is 6.29 Å². The largest absolute Gasteiger partial charge is 0.506 e. The van der Waals surface area contributed by atoms with Crippen molar-refractivity contribution < 1.29 is 23.8 Å². The summed E-state index contributed by atoms with van der Waals surface area (Å²) in [5, 5.41) is 9.84. The van der Waals surface area contributed by atoms with Crippen LogP contribution in [0.25, 0.3) is 11.0 Å². The van der Waals surface area contributed by atoms with Crippen molar-refractivity contribution in [1.29, 1.82) is 0 Å². The number of ether oxygens (including phenoxy) is 1. The van der Waals surface area contributed by atoms with Gasteiger partial charge < -0.3 is 14.3 Å². The Hall–Kier alpha value is -2.63. The van der Waals surface area contributed by atoms with Crippen molar-refractivity contribution in [2.75, 3.05) is 7.11 Å². The van der Waals surface area contributed by atoms with Crippen molar-refractivity contribution in [3.05, 3.63) is 39.7 Å². The summed E-state index contributed by atoms with van der Waals surface area (Å²) in [6.07, 6.45) is 0.431. The Morgan fingerprint density at radius 2 is 2.17 bits per heavy atom. The van der Waals surface area contributed by atoms with E-state index >= 15 is 0 Å². The number of hydrogen-bond donors (Lipinski definition) is 1. The second-order valence-corrected chi connectivity index (χ2v) is 3.47. The summed E-state index contributed by atoms with van der Waals surface area (Å²) in [5.41, 5.74) is -0.904. The molecule has 0 radical (unpaired) electrons. The number of aromatic hydroxyl groups is 1. The van der Waals surface area contributed by atoms with Crippen molar-refractivity contribution in [3.8, 4) is 5.75 Å². The highest BCUT2D eigenvalue weighted by molar-refractivity contribution is 6.07. The molecule has 0 aliphatic rings. The van der Waals surface area contributed by atoms with Gasteiger partial charge in [-0.2, -0.15) is 0 Å². The molecule has 2 aromatic rings. The third-order valence-electron chi connectivity index (χ3n) is 2.45. The predicted molar refractivity (Wildman–Crippen MR) is 60.9 cm³/mol. The number of carbonyl (C=O) groups is 2. The second kappa shape index (κ2) is 4.33. The van der Waals surface area contributed by atoms with Crippen LogP contribution in [-0.4, -0.2) is 24.5 Å². The fourth-order valence-corrected chi connectivity index (χ4v) is 1.63. The lowest BCUT2D eigenvalue weighted by molar-refractivity contribution is 0.0601.